The van der Waals surface area contributed by atoms with E-state index in [0.29, 0.717) is 0 Å². The van der Waals surface area contributed by atoms with Crippen LogP contribution in [-0.4, -0.2) is 26.4 Å². The Morgan fingerprint density at radius 3 is 2.96 bits per heavy atom. The summed E-state index contributed by atoms with van der Waals surface area (Å²) in [4.78, 5) is 7.98. The zero-order valence-electron chi connectivity index (χ0n) is 14.7. The molecular weight excluding hydrogens is 354 g/mol. The third-order valence-electron chi connectivity index (χ3n) is 4.88. The topological polar surface area (TPSA) is 76.5 Å². The lowest BCUT2D eigenvalue weighted by atomic mass is 10.1. The van der Waals surface area contributed by atoms with Gasteiger partial charge in [0, 0.05) is 34.5 Å². The minimum atomic E-state index is 0.255. The van der Waals surface area contributed by atoms with Crippen molar-refractivity contribution in [2.45, 2.75) is 0 Å². The molecule has 6 rings (SSSR count). The molecule has 0 amide bonds. The number of fused-ring (bicyclic) bond motifs is 3. The quantitative estimate of drug-likeness (QED) is 0.494. The molecule has 0 bridgehead atoms. The van der Waals surface area contributed by atoms with Crippen LogP contribution in [0.2, 0.25) is 0 Å². The Balaban J connectivity index is 1.39. The van der Waals surface area contributed by atoms with Gasteiger partial charge < -0.3 is 19.8 Å². The molecule has 5 aromatic rings. The Bertz CT molecular complexity index is 1340. The summed E-state index contributed by atoms with van der Waals surface area (Å²) in [6, 6.07) is 16.0. The van der Waals surface area contributed by atoms with Crippen LogP contribution in [0.4, 0.5) is 11.5 Å². The highest BCUT2D eigenvalue weighted by Crippen LogP contribution is 2.36. The number of hydrogen-bond acceptors (Lipinski definition) is 5. The minimum Gasteiger partial charge on any atom is -0.454 e. The number of anilines is 2. The van der Waals surface area contributed by atoms with E-state index in [1.165, 1.54) is 0 Å². The van der Waals surface area contributed by atoms with Gasteiger partial charge in [0.2, 0.25) is 6.79 Å². The first-order valence-electron chi connectivity index (χ1n) is 8.92. The van der Waals surface area contributed by atoms with Crippen LogP contribution in [-0.2, 0) is 0 Å². The maximum absolute atomic E-state index is 5.50. The molecule has 0 aliphatic carbocycles. The van der Waals surface area contributed by atoms with Crippen LogP contribution in [0.25, 0.3) is 27.7 Å². The number of nitrogens with one attached hydrogen (secondary N) is 2. The van der Waals surface area contributed by atoms with E-state index in [1.54, 1.807) is 4.52 Å². The van der Waals surface area contributed by atoms with Crippen LogP contribution in [0.15, 0.2) is 67.1 Å². The van der Waals surface area contributed by atoms with Crippen LogP contribution in [0.1, 0.15) is 0 Å². The summed E-state index contributed by atoms with van der Waals surface area (Å²) >= 11 is 0. The van der Waals surface area contributed by atoms with Crippen LogP contribution in [0, 0.1) is 0 Å². The number of aromatic nitrogens is 4. The summed E-state index contributed by atoms with van der Waals surface area (Å²) in [5.41, 5.74) is 4.77. The molecule has 4 heterocycles. The maximum atomic E-state index is 5.50. The van der Waals surface area contributed by atoms with Crippen molar-refractivity contribution in [2.75, 3.05) is 12.1 Å². The standard InChI is InChI=1S/C21H15N5O2/c1-4-18-19(28-12-27-18)10-13(1)16-11-23-26-8-6-20(25-21(16)26)24-15-2-3-17-14(9-15)5-7-22-17/h1-11,22H,12H2,(H,24,25). The lowest BCUT2D eigenvalue weighted by Gasteiger charge is -2.07. The molecule has 3 aromatic heterocycles. The number of benzene rings is 2. The molecule has 2 aromatic carbocycles. The number of aromatic amines is 1. The monoisotopic (exact) mass is 369 g/mol. The molecule has 7 nitrogen and oxygen atoms in total. The SMILES string of the molecule is c1cc2cc(Nc3ccn4ncc(-c5ccc6c(c5)OCO6)c4n3)ccc2[nH]1. The molecule has 1 aliphatic rings. The van der Waals surface area contributed by atoms with Gasteiger partial charge in [-0.1, -0.05) is 6.07 Å². The second kappa shape index (κ2) is 5.75. The van der Waals surface area contributed by atoms with Gasteiger partial charge >= 0.3 is 0 Å². The summed E-state index contributed by atoms with van der Waals surface area (Å²) in [5, 5.41) is 8.95. The summed E-state index contributed by atoms with van der Waals surface area (Å²) < 4.78 is 12.7. The van der Waals surface area contributed by atoms with E-state index in [-0.39, 0.29) is 6.79 Å². The Morgan fingerprint density at radius 1 is 1.00 bits per heavy atom. The fourth-order valence-corrected chi connectivity index (χ4v) is 3.49. The first kappa shape index (κ1) is 15.1. The summed E-state index contributed by atoms with van der Waals surface area (Å²) in [6.07, 6.45) is 5.65. The first-order chi connectivity index (χ1) is 13.8. The summed E-state index contributed by atoms with van der Waals surface area (Å²) in [6.45, 7) is 0.255. The Hall–Kier alpha value is -4.00. The number of H-pyrrole nitrogens is 1. The van der Waals surface area contributed by atoms with E-state index >= 15 is 0 Å². The second-order valence-electron chi connectivity index (χ2n) is 6.61. The van der Waals surface area contributed by atoms with E-state index in [9.17, 15) is 0 Å². The zero-order chi connectivity index (χ0) is 18.5. The van der Waals surface area contributed by atoms with Crippen molar-refractivity contribution in [1.82, 2.24) is 19.6 Å². The zero-order valence-corrected chi connectivity index (χ0v) is 14.7. The average Bonchev–Trinajstić information content (AvgIpc) is 3.45. The fraction of sp³-hybridized carbons (Fsp3) is 0.0476. The molecule has 1 aliphatic heterocycles. The van der Waals surface area contributed by atoms with Gasteiger partial charge in [-0.05, 0) is 48.0 Å². The predicted octanol–water partition coefficient (Wildman–Crippen LogP) is 4.35. The maximum Gasteiger partial charge on any atom is 0.231 e. The molecule has 0 spiro atoms. The van der Waals surface area contributed by atoms with Gasteiger partial charge in [0.05, 0.1) is 6.20 Å². The molecular formula is C21H15N5O2. The number of nitrogens with zero attached hydrogens (tertiary/aromatic N) is 3. The largest absolute Gasteiger partial charge is 0.454 e. The third kappa shape index (κ3) is 2.37. The molecule has 0 atom stereocenters. The van der Waals surface area contributed by atoms with Gasteiger partial charge in [-0.15, -0.1) is 0 Å². The molecule has 0 saturated carbocycles. The minimum absolute atomic E-state index is 0.255. The van der Waals surface area contributed by atoms with Crippen molar-refractivity contribution < 1.29 is 9.47 Å². The normalized spacial score (nSPS) is 12.7. The third-order valence-corrected chi connectivity index (χ3v) is 4.88. The molecule has 28 heavy (non-hydrogen) atoms. The predicted molar refractivity (Wildman–Crippen MR) is 106 cm³/mol. The number of hydrogen-bond donors (Lipinski definition) is 2. The Kier molecular flexibility index (Phi) is 3.10. The lowest BCUT2D eigenvalue weighted by Crippen LogP contribution is -1.97. The van der Waals surface area contributed by atoms with Crippen molar-refractivity contribution in [3.63, 3.8) is 0 Å². The Labute approximate surface area is 159 Å². The van der Waals surface area contributed by atoms with Gasteiger partial charge in [0.1, 0.15) is 5.82 Å². The molecule has 0 fully saturated rings. The van der Waals surface area contributed by atoms with Gasteiger partial charge in [-0.25, -0.2) is 9.50 Å². The van der Waals surface area contributed by atoms with Crippen molar-refractivity contribution in [3.05, 3.63) is 67.1 Å². The number of ether oxygens (including phenoxy) is 2. The highest BCUT2D eigenvalue weighted by atomic mass is 16.7. The average molecular weight is 369 g/mol. The van der Waals surface area contributed by atoms with Crippen LogP contribution in [0.3, 0.4) is 0 Å². The van der Waals surface area contributed by atoms with E-state index in [4.69, 9.17) is 14.5 Å². The van der Waals surface area contributed by atoms with Crippen LogP contribution >= 0.6 is 0 Å². The lowest BCUT2D eigenvalue weighted by molar-refractivity contribution is 0.174. The molecule has 0 radical (unpaired) electrons. The number of rotatable bonds is 3. The molecule has 2 N–H and O–H groups in total. The highest BCUT2D eigenvalue weighted by Gasteiger charge is 2.16. The van der Waals surface area contributed by atoms with Gasteiger partial charge in [0.25, 0.3) is 0 Å². The van der Waals surface area contributed by atoms with E-state index < -0.39 is 0 Å². The van der Waals surface area contributed by atoms with Crippen molar-refractivity contribution in [2.24, 2.45) is 0 Å². The first-order valence-corrected chi connectivity index (χ1v) is 8.92. The van der Waals surface area contributed by atoms with Crippen molar-refractivity contribution in [1.29, 1.82) is 0 Å². The fourth-order valence-electron chi connectivity index (χ4n) is 3.49. The molecule has 136 valence electrons. The molecule has 0 unspecified atom stereocenters. The van der Waals surface area contributed by atoms with Gasteiger partial charge in [-0.2, -0.15) is 5.10 Å². The second-order valence-corrected chi connectivity index (χ2v) is 6.61. The van der Waals surface area contributed by atoms with Gasteiger partial charge in [-0.3, -0.25) is 0 Å². The van der Waals surface area contributed by atoms with E-state index in [0.717, 1.165) is 50.7 Å². The smallest absolute Gasteiger partial charge is 0.231 e. The van der Waals surface area contributed by atoms with E-state index in [1.807, 2.05) is 61.1 Å². The highest BCUT2D eigenvalue weighted by molar-refractivity contribution is 5.84. The van der Waals surface area contributed by atoms with Gasteiger partial charge in [0.15, 0.2) is 17.1 Å². The summed E-state index contributed by atoms with van der Waals surface area (Å²) in [7, 11) is 0. The molecule has 0 saturated heterocycles. The summed E-state index contributed by atoms with van der Waals surface area (Å²) in [5.74, 6) is 2.26. The van der Waals surface area contributed by atoms with Crippen LogP contribution < -0.4 is 14.8 Å². The van der Waals surface area contributed by atoms with Crippen molar-refractivity contribution in [3.8, 4) is 22.6 Å². The van der Waals surface area contributed by atoms with Crippen LogP contribution in [0.5, 0.6) is 11.5 Å². The Morgan fingerprint density at radius 2 is 1.96 bits per heavy atom. The molecule has 7 heteroatoms. The van der Waals surface area contributed by atoms with Crippen molar-refractivity contribution >= 4 is 28.1 Å². The van der Waals surface area contributed by atoms with E-state index in [2.05, 4.69) is 21.5 Å².